The van der Waals surface area contributed by atoms with E-state index in [2.05, 4.69) is 26.3 Å². The second-order valence-corrected chi connectivity index (χ2v) is 8.18. The van der Waals surface area contributed by atoms with Crippen molar-refractivity contribution in [2.45, 2.75) is 18.8 Å². The Morgan fingerprint density at radius 2 is 1.78 bits per heavy atom. The van der Waals surface area contributed by atoms with Gasteiger partial charge in [0.25, 0.3) is 5.95 Å². The number of nitrogens with one attached hydrogen (secondary N) is 2. The third-order valence-corrected chi connectivity index (χ3v) is 6.16. The van der Waals surface area contributed by atoms with Gasteiger partial charge in [0.15, 0.2) is 11.5 Å². The first-order valence-corrected chi connectivity index (χ1v) is 11.1. The van der Waals surface area contributed by atoms with Gasteiger partial charge in [-0.05, 0) is 44.1 Å². The number of hydrogen-bond acceptors (Lipinski definition) is 8. The molecule has 164 valence electrons. The summed E-state index contributed by atoms with van der Waals surface area (Å²) in [6.07, 6.45) is 7.68. The number of ether oxygens (including phenoxy) is 1. The summed E-state index contributed by atoms with van der Waals surface area (Å²) in [5.41, 5.74) is 3.51. The maximum Gasteiger partial charge on any atom is 0.254 e. The van der Waals surface area contributed by atoms with Crippen LogP contribution in [-0.4, -0.2) is 74.1 Å². The van der Waals surface area contributed by atoms with Gasteiger partial charge in [0, 0.05) is 43.2 Å². The Morgan fingerprint density at radius 3 is 2.59 bits per heavy atom. The minimum absolute atomic E-state index is 0.476. The Balaban J connectivity index is 1.43. The zero-order valence-corrected chi connectivity index (χ0v) is 17.7. The van der Waals surface area contributed by atoms with E-state index < -0.39 is 0 Å². The summed E-state index contributed by atoms with van der Waals surface area (Å²) in [6, 6.07) is 5.95. The minimum Gasteiger partial charge on any atom is -0.378 e. The highest BCUT2D eigenvalue weighted by Gasteiger charge is 2.23. The maximum absolute atomic E-state index is 5.55. The summed E-state index contributed by atoms with van der Waals surface area (Å²) >= 11 is 0. The highest BCUT2D eigenvalue weighted by Crippen LogP contribution is 2.28. The van der Waals surface area contributed by atoms with E-state index in [0.29, 0.717) is 30.7 Å². The Labute approximate surface area is 185 Å². The van der Waals surface area contributed by atoms with Crippen molar-refractivity contribution < 1.29 is 4.74 Å². The van der Waals surface area contributed by atoms with Crippen molar-refractivity contribution in [1.29, 1.82) is 0 Å². The number of anilines is 1. The number of aromatic nitrogens is 7. The number of pyridine rings is 1. The van der Waals surface area contributed by atoms with Crippen LogP contribution in [0.1, 0.15) is 24.5 Å². The van der Waals surface area contributed by atoms with Gasteiger partial charge >= 0.3 is 0 Å². The van der Waals surface area contributed by atoms with Crippen LogP contribution in [0.15, 0.2) is 36.8 Å². The Morgan fingerprint density at radius 1 is 0.969 bits per heavy atom. The Bertz CT molecular complexity index is 1210. The summed E-state index contributed by atoms with van der Waals surface area (Å²) in [6.45, 7) is 4.96. The van der Waals surface area contributed by atoms with Crippen molar-refractivity contribution >= 4 is 17.0 Å². The van der Waals surface area contributed by atoms with Crippen LogP contribution in [0.5, 0.6) is 0 Å². The van der Waals surface area contributed by atoms with Gasteiger partial charge in [-0.1, -0.05) is 0 Å². The van der Waals surface area contributed by atoms with Crippen LogP contribution in [0.25, 0.3) is 28.5 Å². The summed E-state index contributed by atoms with van der Waals surface area (Å²) in [5.74, 6) is 2.59. The Hall–Kier alpha value is -3.37. The molecule has 4 aromatic rings. The van der Waals surface area contributed by atoms with Gasteiger partial charge in [0.05, 0.1) is 18.9 Å². The molecule has 0 amide bonds. The smallest absolute Gasteiger partial charge is 0.254 e. The van der Waals surface area contributed by atoms with Crippen LogP contribution in [0.3, 0.4) is 0 Å². The van der Waals surface area contributed by atoms with Crippen molar-refractivity contribution in [3.05, 3.63) is 42.5 Å². The normalized spacial score (nSPS) is 17.8. The van der Waals surface area contributed by atoms with Gasteiger partial charge in [-0.2, -0.15) is 15.1 Å². The van der Waals surface area contributed by atoms with E-state index in [9.17, 15) is 0 Å². The number of imidazole rings is 1. The molecule has 6 rings (SSSR count). The number of morpholine rings is 1. The molecule has 2 fully saturated rings. The maximum atomic E-state index is 5.55. The van der Waals surface area contributed by atoms with E-state index in [4.69, 9.17) is 24.8 Å². The molecule has 2 N–H and O–H groups in total. The molecule has 2 aliphatic rings. The van der Waals surface area contributed by atoms with Gasteiger partial charge in [-0.25, -0.2) is 9.67 Å². The number of H-pyrrole nitrogens is 1. The molecule has 0 radical (unpaired) electrons. The highest BCUT2D eigenvalue weighted by molar-refractivity contribution is 5.86. The van der Waals surface area contributed by atoms with Crippen molar-refractivity contribution in [1.82, 2.24) is 40.0 Å². The lowest BCUT2D eigenvalue weighted by molar-refractivity contribution is 0.122. The predicted molar refractivity (Wildman–Crippen MR) is 120 cm³/mol. The summed E-state index contributed by atoms with van der Waals surface area (Å²) in [7, 11) is 0. The fraction of sp³-hybridized carbons (Fsp3) is 0.409. The van der Waals surface area contributed by atoms with E-state index in [0.717, 1.165) is 67.4 Å². The van der Waals surface area contributed by atoms with E-state index in [1.165, 1.54) is 0 Å². The minimum atomic E-state index is 0.476. The van der Waals surface area contributed by atoms with Gasteiger partial charge < -0.3 is 19.9 Å². The predicted octanol–water partition coefficient (Wildman–Crippen LogP) is 1.90. The molecule has 10 heteroatoms. The zero-order valence-electron chi connectivity index (χ0n) is 17.7. The molecule has 0 spiro atoms. The Kier molecular flexibility index (Phi) is 5.00. The first-order chi connectivity index (χ1) is 15.8. The van der Waals surface area contributed by atoms with E-state index in [-0.39, 0.29) is 0 Å². The molecule has 10 nitrogen and oxygen atoms in total. The van der Waals surface area contributed by atoms with Crippen LogP contribution in [0.4, 0.5) is 5.82 Å². The fourth-order valence-corrected chi connectivity index (χ4v) is 4.41. The standard InChI is InChI=1S/C22H25N9O/c1-6-23-7-2-15(1)17-5-10-31(29-17)22-27-20-18(21(28-22)30-11-13-32-14-12-30)25-19(26-20)16-3-8-24-9-4-16/h3-5,8-10,15,23H,1-2,6-7,11-14H2,(H,25,26,27,28). The van der Waals surface area contributed by atoms with Crippen LogP contribution in [0.2, 0.25) is 0 Å². The SMILES string of the molecule is c1cc(-c2nc3nc(-n4ccc(C5CCNCC5)n4)nc(N4CCOCC4)c3[nH]2)ccn1. The molecule has 0 atom stereocenters. The van der Waals surface area contributed by atoms with Crippen molar-refractivity contribution in [3.63, 3.8) is 0 Å². The fourth-order valence-electron chi connectivity index (χ4n) is 4.41. The number of rotatable bonds is 4. The van der Waals surface area contributed by atoms with E-state index in [1.807, 2.05) is 18.3 Å². The topological polar surface area (TPSA) is 110 Å². The molecule has 2 aliphatic heterocycles. The highest BCUT2D eigenvalue weighted by atomic mass is 16.5. The first kappa shape index (κ1) is 19.3. The van der Waals surface area contributed by atoms with Gasteiger partial charge in [0.1, 0.15) is 11.3 Å². The lowest BCUT2D eigenvalue weighted by atomic mass is 9.95. The van der Waals surface area contributed by atoms with Gasteiger partial charge in [-0.3, -0.25) is 4.98 Å². The number of nitrogens with zero attached hydrogens (tertiary/aromatic N) is 7. The van der Waals surface area contributed by atoms with Crippen molar-refractivity contribution in [3.8, 4) is 17.3 Å². The third-order valence-electron chi connectivity index (χ3n) is 6.16. The molecule has 0 saturated carbocycles. The molecule has 0 aromatic carbocycles. The summed E-state index contributed by atoms with van der Waals surface area (Å²) < 4.78 is 7.33. The average molecular weight is 432 g/mol. The molecular weight excluding hydrogens is 406 g/mol. The number of hydrogen-bond donors (Lipinski definition) is 2. The molecule has 0 aliphatic carbocycles. The lowest BCUT2D eigenvalue weighted by Gasteiger charge is -2.28. The average Bonchev–Trinajstić information content (AvgIpc) is 3.53. The molecule has 6 heterocycles. The summed E-state index contributed by atoms with van der Waals surface area (Å²) in [4.78, 5) is 24.2. The van der Waals surface area contributed by atoms with E-state index >= 15 is 0 Å². The van der Waals surface area contributed by atoms with Crippen molar-refractivity contribution in [2.75, 3.05) is 44.3 Å². The first-order valence-electron chi connectivity index (χ1n) is 11.1. The molecule has 4 aromatic heterocycles. The van der Waals surface area contributed by atoms with Crippen LogP contribution < -0.4 is 10.2 Å². The molecule has 0 unspecified atom stereocenters. The van der Waals surface area contributed by atoms with Gasteiger partial charge in [-0.15, -0.1) is 0 Å². The molecule has 32 heavy (non-hydrogen) atoms. The molecular formula is C22H25N9O. The lowest BCUT2D eigenvalue weighted by Crippen LogP contribution is -2.37. The number of fused-ring (bicyclic) bond motifs is 1. The second-order valence-electron chi connectivity index (χ2n) is 8.18. The molecule has 0 bridgehead atoms. The number of aromatic amines is 1. The number of piperidine rings is 1. The van der Waals surface area contributed by atoms with E-state index in [1.54, 1.807) is 17.1 Å². The van der Waals surface area contributed by atoms with Crippen LogP contribution in [-0.2, 0) is 4.74 Å². The monoisotopic (exact) mass is 431 g/mol. The van der Waals surface area contributed by atoms with Crippen molar-refractivity contribution in [2.24, 2.45) is 0 Å². The zero-order chi connectivity index (χ0) is 21.3. The quantitative estimate of drug-likeness (QED) is 0.504. The van der Waals surface area contributed by atoms with Crippen LogP contribution >= 0.6 is 0 Å². The van der Waals surface area contributed by atoms with Gasteiger partial charge in [0.2, 0.25) is 0 Å². The summed E-state index contributed by atoms with van der Waals surface area (Å²) in [5, 5.41) is 8.25. The second kappa shape index (κ2) is 8.29. The largest absolute Gasteiger partial charge is 0.378 e. The third kappa shape index (κ3) is 3.61. The molecule has 2 saturated heterocycles. The van der Waals surface area contributed by atoms with Crippen LogP contribution in [0, 0.1) is 0 Å².